The number of rotatable bonds is 3. The van der Waals surface area contributed by atoms with Crippen LogP contribution in [0.2, 0.25) is 0 Å². The number of aldehydes is 1. The number of carbonyl (C=O) groups is 1. The van der Waals surface area contributed by atoms with Gasteiger partial charge >= 0.3 is 0 Å². The van der Waals surface area contributed by atoms with E-state index in [-0.39, 0.29) is 0 Å². The molecule has 1 aliphatic rings. The maximum Gasteiger partial charge on any atom is 0.191 e. The molecule has 0 aromatic heterocycles. The van der Waals surface area contributed by atoms with E-state index in [1.807, 2.05) is 0 Å². The van der Waals surface area contributed by atoms with Crippen molar-refractivity contribution in [3.8, 4) is 0 Å². The molecular formula is C12H14O3S. The molecule has 2 rings (SSSR count). The predicted molar refractivity (Wildman–Crippen MR) is 61.0 cm³/mol. The molecule has 0 amide bonds. The summed E-state index contributed by atoms with van der Waals surface area (Å²) in [6.07, 6.45) is 2.32. The highest BCUT2D eigenvalue weighted by Crippen LogP contribution is 2.41. The standard InChI is InChI=1S/C12H14O3S/c1-10-5-2-3-6-11(10)16(14,15)12(9-13)7-4-8-12/h2-3,5-6,9H,4,7-8H2,1H3. The predicted octanol–water partition coefficient (Wildman–Crippen LogP) is 1.89. The van der Waals surface area contributed by atoms with Crippen molar-refractivity contribution in [2.75, 3.05) is 0 Å². The highest BCUT2D eigenvalue weighted by Gasteiger charge is 2.49. The van der Waals surface area contributed by atoms with Gasteiger partial charge in [-0.1, -0.05) is 18.2 Å². The average Bonchev–Trinajstić information content (AvgIpc) is 2.16. The number of hydrogen-bond donors (Lipinski definition) is 0. The Kier molecular flexibility index (Phi) is 2.62. The van der Waals surface area contributed by atoms with E-state index in [0.717, 1.165) is 6.42 Å². The molecule has 4 heteroatoms. The Bertz CT molecular complexity index is 513. The summed E-state index contributed by atoms with van der Waals surface area (Å²) in [4.78, 5) is 11.4. The first-order valence-electron chi connectivity index (χ1n) is 5.30. The van der Waals surface area contributed by atoms with Gasteiger partial charge in [0.25, 0.3) is 0 Å². The molecular weight excluding hydrogens is 224 g/mol. The highest BCUT2D eigenvalue weighted by atomic mass is 32.2. The molecule has 86 valence electrons. The van der Waals surface area contributed by atoms with Gasteiger partial charge < -0.3 is 4.79 Å². The van der Waals surface area contributed by atoms with Crippen LogP contribution in [0.4, 0.5) is 0 Å². The monoisotopic (exact) mass is 238 g/mol. The van der Waals surface area contributed by atoms with E-state index in [1.165, 1.54) is 0 Å². The van der Waals surface area contributed by atoms with Crippen LogP contribution in [-0.2, 0) is 14.6 Å². The molecule has 0 unspecified atom stereocenters. The van der Waals surface area contributed by atoms with E-state index in [9.17, 15) is 13.2 Å². The van der Waals surface area contributed by atoms with E-state index >= 15 is 0 Å². The van der Waals surface area contributed by atoms with Gasteiger partial charge in [-0.15, -0.1) is 0 Å². The molecule has 0 saturated heterocycles. The largest absolute Gasteiger partial charge is 0.302 e. The third-order valence-electron chi connectivity index (χ3n) is 3.33. The number of aryl methyl sites for hydroxylation is 1. The van der Waals surface area contributed by atoms with Crippen molar-refractivity contribution in [1.82, 2.24) is 0 Å². The zero-order valence-electron chi connectivity index (χ0n) is 9.14. The van der Waals surface area contributed by atoms with Gasteiger partial charge in [0.1, 0.15) is 11.0 Å². The lowest BCUT2D eigenvalue weighted by atomic mass is 9.86. The summed E-state index contributed by atoms with van der Waals surface area (Å²) < 4.78 is 23.6. The molecule has 1 saturated carbocycles. The maximum absolute atomic E-state index is 12.4. The van der Waals surface area contributed by atoms with Crippen molar-refractivity contribution in [3.63, 3.8) is 0 Å². The Morgan fingerprint density at radius 1 is 1.25 bits per heavy atom. The zero-order valence-corrected chi connectivity index (χ0v) is 9.96. The van der Waals surface area contributed by atoms with Crippen molar-refractivity contribution in [1.29, 1.82) is 0 Å². The molecule has 1 aromatic rings. The van der Waals surface area contributed by atoms with Gasteiger partial charge in [0.15, 0.2) is 9.84 Å². The van der Waals surface area contributed by atoms with Crippen molar-refractivity contribution in [2.24, 2.45) is 0 Å². The van der Waals surface area contributed by atoms with Gasteiger partial charge in [0, 0.05) is 0 Å². The van der Waals surface area contributed by atoms with Crippen molar-refractivity contribution in [2.45, 2.75) is 35.8 Å². The normalized spacial score (nSPS) is 18.8. The molecule has 0 N–H and O–H groups in total. The second-order valence-corrected chi connectivity index (χ2v) is 6.56. The lowest BCUT2D eigenvalue weighted by molar-refractivity contribution is -0.111. The van der Waals surface area contributed by atoms with Crippen LogP contribution in [-0.4, -0.2) is 19.5 Å². The molecule has 3 nitrogen and oxygen atoms in total. The molecule has 1 aliphatic carbocycles. The van der Waals surface area contributed by atoms with Crippen LogP contribution in [0.5, 0.6) is 0 Å². The molecule has 0 atom stereocenters. The summed E-state index contributed by atoms with van der Waals surface area (Å²) in [5.41, 5.74) is 0.704. The minimum Gasteiger partial charge on any atom is -0.302 e. The number of benzene rings is 1. The van der Waals surface area contributed by atoms with Crippen molar-refractivity contribution < 1.29 is 13.2 Å². The zero-order chi connectivity index (χ0) is 11.8. The quantitative estimate of drug-likeness (QED) is 0.756. The summed E-state index contributed by atoms with van der Waals surface area (Å²) in [6.45, 7) is 1.75. The van der Waals surface area contributed by atoms with Crippen LogP contribution in [0.1, 0.15) is 24.8 Å². The lowest BCUT2D eigenvalue weighted by Gasteiger charge is -2.36. The van der Waals surface area contributed by atoms with Gasteiger partial charge in [-0.3, -0.25) is 0 Å². The van der Waals surface area contributed by atoms with Crippen LogP contribution < -0.4 is 0 Å². The maximum atomic E-state index is 12.4. The van der Waals surface area contributed by atoms with Crippen LogP contribution in [0.3, 0.4) is 0 Å². The fourth-order valence-corrected chi connectivity index (χ4v) is 4.19. The first kappa shape index (κ1) is 11.3. The molecule has 0 radical (unpaired) electrons. The van der Waals surface area contributed by atoms with E-state index < -0.39 is 14.6 Å². The number of hydrogen-bond acceptors (Lipinski definition) is 3. The Morgan fingerprint density at radius 3 is 2.31 bits per heavy atom. The van der Waals surface area contributed by atoms with Crippen molar-refractivity contribution in [3.05, 3.63) is 29.8 Å². The van der Waals surface area contributed by atoms with E-state index in [1.54, 1.807) is 31.2 Å². The second kappa shape index (κ2) is 3.70. The highest BCUT2D eigenvalue weighted by molar-refractivity contribution is 7.93. The Balaban J connectivity index is 2.55. The summed E-state index contributed by atoms with van der Waals surface area (Å²) in [5.74, 6) is 0. The summed E-state index contributed by atoms with van der Waals surface area (Å²) in [5, 5.41) is 0. The van der Waals surface area contributed by atoms with Gasteiger partial charge in [0.2, 0.25) is 0 Å². The Labute approximate surface area is 95.4 Å². The van der Waals surface area contributed by atoms with Gasteiger partial charge in [0.05, 0.1) is 4.90 Å². The minimum absolute atomic E-state index is 0.293. The van der Waals surface area contributed by atoms with Crippen LogP contribution in [0.15, 0.2) is 29.2 Å². The minimum atomic E-state index is -3.51. The lowest BCUT2D eigenvalue weighted by Crippen LogP contribution is -2.46. The molecule has 0 heterocycles. The fraction of sp³-hybridized carbons (Fsp3) is 0.417. The first-order chi connectivity index (χ1) is 7.53. The van der Waals surface area contributed by atoms with E-state index in [4.69, 9.17) is 0 Å². The Hall–Kier alpha value is -1.16. The topological polar surface area (TPSA) is 51.2 Å². The fourth-order valence-electron chi connectivity index (χ4n) is 2.05. The van der Waals surface area contributed by atoms with E-state index in [0.29, 0.717) is 29.6 Å². The Morgan fingerprint density at radius 2 is 1.88 bits per heavy atom. The number of sulfone groups is 1. The summed E-state index contributed by atoms with van der Waals surface area (Å²) in [6, 6.07) is 6.82. The smallest absolute Gasteiger partial charge is 0.191 e. The third-order valence-corrected chi connectivity index (χ3v) is 5.94. The van der Waals surface area contributed by atoms with E-state index in [2.05, 4.69) is 0 Å². The first-order valence-corrected chi connectivity index (χ1v) is 6.78. The third kappa shape index (κ3) is 1.40. The van der Waals surface area contributed by atoms with Crippen LogP contribution >= 0.6 is 0 Å². The number of carbonyl (C=O) groups excluding carboxylic acids is 1. The second-order valence-electron chi connectivity index (χ2n) is 4.31. The SMILES string of the molecule is Cc1ccccc1S(=O)(=O)C1(C=O)CCC1. The summed E-state index contributed by atoms with van der Waals surface area (Å²) in [7, 11) is -3.51. The summed E-state index contributed by atoms with van der Waals surface area (Å²) >= 11 is 0. The van der Waals surface area contributed by atoms with Gasteiger partial charge in [-0.05, 0) is 37.8 Å². The molecule has 1 fully saturated rings. The average molecular weight is 238 g/mol. The molecule has 16 heavy (non-hydrogen) atoms. The molecule has 1 aromatic carbocycles. The molecule has 0 aliphatic heterocycles. The molecule has 0 spiro atoms. The van der Waals surface area contributed by atoms with Gasteiger partial charge in [-0.25, -0.2) is 8.42 Å². The molecule has 0 bridgehead atoms. The van der Waals surface area contributed by atoms with Gasteiger partial charge in [-0.2, -0.15) is 0 Å². The van der Waals surface area contributed by atoms with Crippen molar-refractivity contribution >= 4 is 16.1 Å². The van der Waals surface area contributed by atoms with Crippen LogP contribution in [0.25, 0.3) is 0 Å². The van der Waals surface area contributed by atoms with Crippen LogP contribution in [0, 0.1) is 6.92 Å².